The van der Waals surface area contributed by atoms with Gasteiger partial charge in [0.25, 0.3) is 0 Å². The third kappa shape index (κ3) is 3.08. The minimum absolute atomic E-state index is 0.275. The molecule has 2 rings (SSSR count). The molecule has 0 saturated carbocycles. The van der Waals surface area contributed by atoms with Crippen LogP contribution in [0.3, 0.4) is 0 Å². The van der Waals surface area contributed by atoms with Crippen LogP contribution in [0.4, 0.5) is 0 Å². The number of nitrogens with zero attached hydrogens (tertiary/aromatic N) is 3. The summed E-state index contributed by atoms with van der Waals surface area (Å²) in [6.45, 7) is 2.58. The zero-order chi connectivity index (χ0) is 11.2. The van der Waals surface area contributed by atoms with E-state index >= 15 is 0 Å². The van der Waals surface area contributed by atoms with Crippen LogP contribution in [-0.2, 0) is 11.3 Å². The first-order valence-electron chi connectivity index (χ1n) is 6.11. The van der Waals surface area contributed by atoms with Crippen molar-refractivity contribution in [2.24, 2.45) is 0 Å². The molecule has 0 unspecified atom stereocenters. The van der Waals surface area contributed by atoms with Crippen LogP contribution < -0.4 is 0 Å². The Hall–Kier alpha value is -1.32. The first kappa shape index (κ1) is 11.2. The molecule has 0 aromatic carbocycles. The lowest BCUT2D eigenvalue weighted by atomic mass is 10.2. The van der Waals surface area contributed by atoms with Crippen LogP contribution in [0.1, 0.15) is 32.1 Å². The molecule has 0 radical (unpaired) electrons. The highest BCUT2D eigenvalue weighted by atomic mass is 16.2. The highest BCUT2D eigenvalue weighted by molar-refractivity contribution is 5.76. The minimum Gasteiger partial charge on any atom is -0.343 e. The summed E-state index contributed by atoms with van der Waals surface area (Å²) in [6, 6.07) is 1.89. The standard InChI is InChI=1S/C12H19N3O/c16-12(6-11-15-10-5-7-13-15)14-8-3-1-2-4-9-14/h5,7,10H,1-4,6,8-9,11H2. The van der Waals surface area contributed by atoms with E-state index in [0.717, 1.165) is 25.9 Å². The molecule has 4 nitrogen and oxygen atoms in total. The molecular weight excluding hydrogens is 202 g/mol. The fraction of sp³-hybridized carbons (Fsp3) is 0.667. The molecular formula is C12H19N3O. The van der Waals surface area contributed by atoms with Crippen LogP contribution in [0.2, 0.25) is 0 Å². The Morgan fingerprint density at radius 2 is 1.94 bits per heavy atom. The lowest BCUT2D eigenvalue weighted by Crippen LogP contribution is -2.32. The lowest BCUT2D eigenvalue weighted by Gasteiger charge is -2.20. The smallest absolute Gasteiger partial charge is 0.224 e. The molecule has 1 saturated heterocycles. The van der Waals surface area contributed by atoms with Gasteiger partial charge in [0.15, 0.2) is 0 Å². The molecule has 16 heavy (non-hydrogen) atoms. The molecule has 1 fully saturated rings. The predicted molar refractivity (Wildman–Crippen MR) is 61.9 cm³/mol. The highest BCUT2D eigenvalue weighted by Gasteiger charge is 2.14. The van der Waals surface area contributed by atoms with Crippen molar-refractivity contribution in [3.05, 3.63) is 18.5 Å². The lowest BCUT2D eigenvalue weighted by molar-refractivity contribution is -0.131. The van der Waals surface area contributed by atoms with Gasteiger partial charge < -0.3 is 4.90 Å². The highest BCUT2D eigenvalue weighted by Crippen LogP contribution is 2.10. The van der Waals surface area contributed by atoms with E-state index in [9.17, 15) is 4.79 Å². The number of hydrogen-bond donors (Lipinski definition) is 0. The zero-order valence-electron chi connectivity index (χ0n) is 9.64. The van der Waals surface area contributed by atoms with Crippen molar-refractivity contribution in [2.45, 2.75) is 38.6 Å². The van der Waals surface area contributed by atoms with Crippen molar-refractivity contribution in [3.63, 3.8) is 0 Å². The molecule has 4 heteroatoms. The predicted octanol–water partition coefficient (Wildman–Crippen LogP) is 1.68. The first-order valence-corrected chi connectivity index (χ1v) is 6.11. The van der Waals surface area contributed by atoms with Crippen molar-refractivity contribution in [3.8, 4) is 0 Å². The summed E-state index contributed by atoms with van der Waals surface area (Å²) in [5.41, 5.74) is 0. The number of aryl methyl sites for hydroxylation is 1. The van der Waals surface area contributed by atoms with Crippen molar-refractivity contribution in [1.29, 1.82) is 0 Å². The molecule has 1 aliphatic rings. The molecule has 0 bridgehead atoms. The second kappa shape index (κ2) is 5.68. The van der Waals surface area contributed by atoms with Gasteiger partial charge in [0.05, 0.1) is 0 Å². The van der Waals surface area contributed by atoms with E-state index in [0.29, 0.717) is 13.0 Å². The van der Waals surface area contributed by atoms with Crippen LogP contribution in [0.25, 0.3) is 0 Å². The normalized spacial score (nSPS) is 17.1. The fourth-order valence-electron chi connectivity index (χ4n) is 2.12. The van der Waals surface area contributed by atoms with Gasteiger partial charge >= 0.3 is 0 Å². The van der Waals surface area contributed by atoms with Crippen molar-refractivity contribution in [1.82, 2.24) is 14.7 Å². The van der Waals surface area contributed by atoms with E-state index in [1.165, 1.54) is 12.8 Å². The first-order chi connectivity index (χ1) is 7.86. The zero-order valence-corrected chi connectivity index (χ0v) is 9.64. The van der Waals surface area contributed by atoms with E-state index in [1.54, 1.807) is 6.20 Å². The van der Waals surface area contributed by atoms with Crippen LogP contribution >= 0.6 is 0 Å². The van der Waals surface area contributed by atoms with Gasteiger partial charge in [-0.25, -0.2) is 0 Å². The molecule has 2 heterocycles. The third-order valence-electron chi connectivity index (χ3n) is 3.07. The largest absolute Gasteiger partial charge is 0.343 e. The quantitative estimate of drug-likeness (QED) is 0.778. The second-order valence-corrected chi connectivity index (χ2v) is 4.31. The molecule has 1 aromatic rings. The van der Waals surface area contributed by atoms with Gasteiger partial charge in [0.2, 0.25) is 5.91 Å². The number of amides is 1. The fourth-order valence-corrected chi connectivity index (χ4v) is 2.12. The summed E-state index contributed by atoms with van der Waals surface area (Å²) < 4.78 is 1.82. The summed E-state index contributed by atoms with van der Waals surface area (Å²) in [7, 11) is 0. The summed E-state index contributed by atoms with van der Waals surface area (Å²) in [5.74, 6) is 0.275. The average molecular weight is 221 g/mol. The molecule has 1 amide bonds. The monoisotopic (exact) mass is 221 g/mol. The number of likely N-dealkylation sites (tertiary alicyclic amines) is 1. The van der Waals surface area contributed by atoms with Crippen molar-refractivity contribution in [2.75, 3.05) is 13.1 Å². The molecule has 1 aromatic heterocycles. The topological polar surface area (TPSA) is 38.1 Å². The van der Waals surface area contributed by atoms with Crippen LogP contribution in [-0.4, -0.2) is 33.7 Å². The molecule has 1 aliphatic heterocycles. The van der Waals surface area contributed by atoms with E-state index in [1.807, 2.05) is 21.8 Å². The number of carbonyl (C=O) groups is 1. The second-order valence-electron chi connectivity index (χ2n) is 4.31. The minimum atomic E-state index is 0.275. The Labute approximate surface area is 96.2 Å². The Bertz CT molecular complexity index is 313. The van der Waals surface area contributed by atoms with Gasteiger partial charge in [-0.05, 0) is 18.9 Å². The Balaban J connectivity index is 1.78. The Morgan fingerprint density at radius 1 is 1.19 bits per heavy atom. The van der Waals surface area contributed by atoms with Crippen molar-refractivity contribution < 1.29 is 4.79 Å². The van der Waals surface area contributed by atoms with Crippen LogP contribution in [0, 0.1) is 0 Å². The summed E-state index contributed by atoms with van der Waals surface area (Å²) >= 11 is 0. The van der Waals surface area contributed by atoms with Crippen LogP contribution in [0.15, 0.2) is 18.5 Å². The summed E-state index contributed by atoms with van der Waals surface area (Å²) in [4.78, 5) is 13.9. The molecule has 0 spiro atoms. The Kier molecular flexibility index (Phi) is 3.97. The number of aromatic nitrogens is 2. The molecule has 88 valence electrons. The van der Waals surface area contributed by atoms with E-state index < -0.39 is 0 Å². The number of carbonyl (C=O) groups excluding carboxylic acids is 1. The number of rotatable bonds is 3. The number of hydrogen-bond acceptors (Lipinski definition) is 2. The van der Waals surface area contributed by atoms with Gasteiger partial charge in [0, 0.05) is 38.4 Å². The maximum Gasteiger partial charge on any atom is 0.224 e. The van der Waals surface area contributed by atoms with Gasteiger partial charge in [0.1, 0.15) is 0 Å². The van der Waals surface area contributed by atoms with Gasteiger partial charge in [-0.1, -0.05) is 12.8 Å². The summed E-state index contributed by atoms with van der Waals surface area (Å²) in [6.07, 6.45) is 9.07. The average Bonchev–Trinajstić information content (AvgIpc) is 2.66. The molecule has 0 aliphatic carbocycles. The van der Waals surface area contributed by atoms with Gasteiger partial charge in [-0.15, -0.1) is 0 Å². The van der Waals surface area contributed by atoms with Crippen LogP contribution in [0.5, 0.6) is 0 Å². The third-order valence-corrected chi connectivity index (χ3v) is 3.07. The Morgan fingerprint density at radius 3 is 2.56 bits per heavy atom. The van der Waals surface area contributed by atoms with E-state index in [4.69, 9.17) is 0 Å². The van der Waals surface area contributed by atoms with E-state index in [-0.39, 0.29) is 5.91 Å². The maximum atomic E-state index is 11.9. The van der Waals surface area contributed by atoms with Gasteiger partial charge in [-0.3, -0.25) is 9.48 Å². The SMILES string of the molecule is O=C(CCn1cccn1)N1CCCCCC1. The molecule has 0 atom stereocenters. The van der Waals surface area contributed by atoms with Crippen molar-refractivity contribution >= 4 is 5.91 Å². The summed E-state index contributed by atoms with van der Waals surface area (Å²) in [5, 5.41) is 4.10. The van der Waals surface area contributed by atoms with E-state index in [2.05, 4.69) is 5.10 Å². The maximum absolute atomic E-state index is 11.9. The van der Waals surface area contributed by atoms with Gasteiger partial charge in [-0.2, -0.15) is 5.10 Å². The molecule has 0 N–H and O–H groups in total.